The first kappa shape index (κ1) is 15.2. The van der Waals surface area contributed by atoms with Crippen LogP contribution in [0.2, 0.25) is 5.02 Å². The van der Waals surface area contributed by atoms with Gasteiger partial charge in [0.25, 0.3) is 0 Å². The monoisotopic (exact) mass is 302 g/mol. The van der Waals surface area contributed by atoms with Crippen LogP contribution >= 0.6 is 11.6 Å². The third-order valence-electron chi connectivity index (χ3n) is 2.91. The molecule has 0 bridgehead atoms. The van der Waals surface area contributed by atoms with Gasteiger partial charge in [-0.25, -0.2) is 0 Å². The average molecular weight is 303 g/mol. The molecule has 0 spiro atoms. The fraction of sp³-hybridized carbons (Fsp3) is 0.571. The molecule has 0 saturated carbocycles. The molecule has 1 aromatic rings. The number of nitrogens with two attached hydrogens (primary N) is 1. The zero-order valence-corrected chi connectivity index (χ0v) is 12.5. The highest BCUT2D eigenvalue weighted by Crippen LogP contribution is 2.43. The molecule has 2 rings (SSSR count). The van der Waals surface area contributed by atoms with Crippen molar-refractivity contribution in [2.24, 2.45) is 0 Å². The first-order valence-corrected chi connectivity index (χ1v) is 7.18. The molecular formula is C14H21ClNO4+. The van der Waals surface area contributed by atoms with Gasteiger partial charge in [-0.1, -0.05) is 11.6 Å². The second kappa shape index (κ2) is 7.02. The minimum Gasteiger partial charge on any atom is -0.486 e. The smallest absolute Gasteiger partial charge is 0.205 e. The fourth-order valence-electron chi connectivity index (χ4n) is 1.88. The van der Waals surface area contributed by atoms with Gasteiger partial charge in [-0.2, -0.15) is 0 Å². The van der Waals surface area contributed by atoms with Crippen molar-refractivity contribution in [2.75, 3.05) is 26.4 Å². The Morgan fingerprint density at radius 3 is 2.85 bits per heavy atom. The van der Waals surface area contributed by atoms with Gasteiger partial charge in [-0.05, 0) is 26.0 Å². The Bertz CT molecular complexity index is 453. The van der Waals surface area contributed by atoms with E-state index in [1.807, 2.05) is 0 Å². The van der Waals surface area contributed by atoms with Crippen molar-refractivity contribution in [3.63, 3.8) is 0 Å². The quantitative estimate of drug-likeness (QED) is 0.817. The van der Waals surface area contributed by atoms with Gasteiger partial charge in [0.05, 0.1) is 11.1 Å². The number of benzene rings is 1. The first-order chi connectivity index (χ1) is 9.58. The molecule has 1 aliphatic rings. The molecule has 0 radical (unpaired) electrons. The zero-order valence-electron chi connectivity index (χ0n) is 11.8. The van der Waals surface area contributed by atoms with Gasteiger partial charge in [0.2, 0.25) is 5.75 Å². The molecule has 3 N–H and O–H groups in total. The topological polar surface area (TPSA) is 64.5 Å². The van der Waals surface area contributed by atoms with Gasteiger partial charge >= 0.3 is 0 Å². The Hall–Kier alpha value is -1.17. The van der Waals surface area contributed by atoms with Crippen molar-refractivity contribution in [1.82, 2.24) is 0 Å². The second-order valence-electron chi connectivity index (χ2n) is 5.08. The van der Waals surface area contributed by atoms with Crippen LogP contribution in [0.3, 0.4) is 0 Å². The molecule has 0 aromatic heterocycles. The summed E-state index contributed by atoms with van der Waals surface area (Å²) in [7, 11) is 0. The summed E-state index contributed by atoms with van der Waals surface area (Å²) in [5, 5.41) is 12.4. The summed E-state index contributed by atoms with van der Waals surface area (Å²) in [6, 6.07) is 3.90. The predicted octanol–water partition coefficient (Wildman–Crippen LogP) is 0.823. The number of aliphatic hydroxyl groups excluding tert-OH is 1. The summed E-state index contributed by atoms with van der Waals surface area (Å²) in [5.74, 6) is 1.58. The van der Waals surface area contributed by atoms with Crippen molar-refractivity contribution in [2.45, 2.75) is 26.0 Å². The number of aliphatic hydroxyl groups is 1. The Kier molecular flexibility index (Phi) is 5.34. The number of hydrogen-bond acceptors (Lipinski definition) is 4. The number of quaternary nitrogens is 1. The maximum absolute atomic E-state index is 9.88. The molecule has 1 unspecified atom stereocenters. The lowest BCUT2D eigenvalue weighted by Gasteiger charge is -2.22. The van der Waals surface area contributed by atoms with Gasteiger partial charge in [0, 0.05) is 0 Å². The number of fused-ring (bicyclic) bond motifs is 1. The van der Waals surface area contributed by atoms with Crippen LogP contribution in [0.1, 0.15) is 13.8 Å². The van der Waals surface area contributed by atoms with Crippen LogP contribution in [0.4, 0.5) is 0 Å². The average Bonchev–Trinajstić information content (AvgIpc) is 2.44. The summed E-state index contributed by atoms with van der Waals surface area (Å²) in [4.78, 5) is 0. The first-order valence-electron chi connectivity index (χ1n) is 6.80. The van der Waals surface area contributed by atoms with Crippen molar-refractivity contribution in [3.8, 4) is 17.2 Å². The molecule has 1 aromatic carbocycles. The van der Waals surface area contributed by atoms with Crippen LogP contribution in [0.25, 0.3) is 0 Å². The molecule has 112 valence electrons. The van der Waals surface area contributed by atoms with E-state index in [-0.39, 0.29) is 6.61 Å². The van der Waals surface area contributed by atoms with Crippen LogP contribution in [0, 0.1) is 0 Å². The largest absolute Gasteiger partial charge is 0.486 e. The minimum atomic E-state index is -0.561. The van der Waals surface area contributed by atoms with Crippen molar-refractivity contribution < 1.29 is 24.6 Å². The van der Waals surface area contributed by atoms with Gasteiger partial charge in [-0.3, -0.25) is 0 Å². The molecule has 20 heavy (non-hydrogen) atoms. The van der Waals surface area contributed by atoms with E-state index < -0.39 is 6.10 Å². The van der Waals surface area contributed by atoms with E-state index in [0.29, 0.717) is 48.1 Å². The zero-order chi connectivity index (χ0) is 14.5. The van der Waals surface area contributed by atoms with E-state index in [1.165, 1.54) is 0 Å². The van der Waals surface area contributed by atoms with Crippen molar-refractivity contribution >= 4 is 11.6 Å². The van der Waals surface area contributed by atoms with Gasteiger partial charge in [-0.15, -0.1) is 0 Å². The third-order valence-corrected chi connectivity index (χ3v) is 3.21. The van der Waals surface area contributed by atoms with Crippen LogP contribution in [-0.2, 0) is 0 Å². The molecule has 1 heterocycles. The third kappa shape index (κ3) is 3.91. The van der Waals surface area contributed by atoms with E-state index in [4.69, 9.17) is 25.8 Å². The Balaban J connectivity index is 1.98. The number of hydrogen-bond donors (Lipinski definition) is 2. The Morgan fingerprint density at radius 1 is 1.35 bits per heavy atom. The highest BCUT2D eigenvalue weighted by molar-refractivity contribution is 6.32. The minimum absolute atomic E-state index is 0.169. The highest BCUT2D eigenvalue weighted by Gasteiger charge is 2.21. The summed E-state index contributed by atoms with van der Waals surface area (Å²) in [6.45, 7) is 5.88. The van der Waals surface area contributed by atoms with Gasteiger partial charge in [0.1, 0.15) is 32.5 Å². The van der Waals surface area contributed by atoms with Crippen LogP contribution < -0.4 is 19.5 Å². The molecular weight excluding hydrogens is 282 g/mol. The van der Waals surface area contributed by atoms with E-state index >= 15 is 0 Å². The summed E-state index contributed by atoms with van der Waals surface area (Å²) in [5.41, 5.74) is 0. The van der Waals surface area contributed by atoms with Crippen LogP contribution in [0.5, 0.6) is 17.2 Å². The van der Waals surface area contributed by atoms with E-state index in [1.54, 1.807) is 12.1 Å². The standard InChI is InChI=1S/C14H20ClNO4/c1-9(2)16-7-10(17)8-20-13-11(15)3-4-12-14(13)19-6-5-18-12/h3-4,9-10,16-17H,5-8H2,1-2H3/p+1. The molecule has 0 aliphatic carbocycles. The molecule has 6 heteroatoms. The number of halogens is 1. The molecule has 0 amide bonds. The van der Waals surface area contributed by atoms with E-state index in [0.717, 1.165) is 0 Å². The fourth-order valence-corrected chi connectivity index (χ4v) is 2.08. The summed E-state index contributed by atoms with van der Waals surface area (Å²) < 4.78 is 16.6. The lowest BCUT2D eigenvalue weighted by atomic mass is 10.2. The van der Waals surface area contributed by atoms with Crippen LogP contribution in [-0.4, -0.2) is 43.6 Å². The molecule has 5 nitrogen and oxygen atoms in total. The maximum Gasteiger partial charge on any atom is 0.205 e. The van der Waals surface area contributed by atoms with Crippen LogP contribution in [0.15, 0.2) is 12.1 Å². The molecule has 1 aliphatic heterocycles. The number of ether oxygens (including phenoxy) is 3. The van der Waals surface area contributed by atoms with Crippen molar-refractivity contribution in [3.05, 3.63) is 17.2 Å². The van der Waals surface area contributed by atoms with Gasteiger partial charge < -0.3 is 24.6 Å². The highest BCUT2D eigenvalue weighted by atomic mass is 35.5. The summed E-state index contributed by atoms with van der Waals surface area (Å²) in [6.07, 6.45) is -0.561. The SMILES string of the molecule is CC(C)[NH2+]CC(O)COc1c(Cl)ccc2c1OCCO2. The Labute approximate surface area is 123 Å². The number of rotatable bonds is 6. The normalized spacial score (nSPS) is 15.2. The second-order valence-corrected chi connectivity index (χ2v) is 5.49. The van der Waals surface area contributed by atoms with E-state index in [9.17, 15) is 5.11 Å². The molecule has 1 atom stereocenters. The lowest BCUT2D eigenvalue weighted by Crippen LogP contribution is -2.90. The maximum atomic E-state index is 9.88. The predicted molar refractivity (Wildman–Crippen MR) is 75.9 cm³/mol. The van der Waals surface area contributed by atoms with Gasteiger partial charge in [0.15, 0.2) is 11.5 Å². The molecule has 0 saturated heterocycles. The Morgan fingerprint density at radius 2 is 2.10 bits per heavy atom. The molecule has 0 fully saturated rings. The van der Waals surface area contributed by atoms with E-state index in [2.05, 4.69) is 19.2 Å². The lowest BCUT2D eigenvalue weighted by molar-refractivity contribution is -0.688. The van der Waals surface area contributed by atoms with Crippen molar-refractivity contribution in [1.29, 1.82) is 0 Å². The summed E-state index contributed by atoms with van der Waals surface area (Å²) >= 11 is 6.12.